The Morgan fingerprint density at radius 3 is 2.47 bits per heavy atom. The van der Waals surface area contributed by atoms with Crippen LogP contribution in [0.2, 0.25) is 5.02 Å². The standard InChI is InChI=1S/C21H20ClN3O4S/c1-27-16-7-13(8-17(28-2)19(16)29-3)9-18-20(26)25-12-24(11-23-21(25)30-18)15-6-4-5-14(22)10-15/h4-10H,11-12H2,1-3H3. The Balaban J connectivity index is 1.74. The quantitative estimate of drug-likeness (QED) is 0.603. The molecular formula is C21H20ClN3O4S. The summed E-state index contributed by atoms with van der Waals surface area (Å²) < 4.78 is 18.4. The largest absolute Gasteiger partial charge is 0.493 e. The Hall–Kier alpha value is -2.97. The van der Waals surface area contributed by atoms with Gasteiger partial charge in [0.1, 0.15) is 13.3 Å². The lowest BCUT2D eigenvalue weighted by molar-refractivity contribution is 0.324. The van der Waals surface area contributed by atoms with E-state index in [0.717, 1.165) is 11.3 Å². The van der Waals surface area contributed by atoms with Crippen LogP contribution in [0.25, 0.3) is 6.08 Å². The molecule has 30 heavy (non-hydrogen) atoms. The van der Waals surface area contributed by atoms with Gasteiger partial charge < -0.3 is 19.1 Å². The zero-order valence-electron chi connectivity index (χ0n) is 16.7. The molecule has 0 bridgehead atoms. The van der Waals surface area contributed by atoms with Crippen LogP contribution in [0.5, 0.6) is 17.2 Å². The first-order valence-corrected chi connectivity index (χ1v) is 10.3. The van der Waals surface area contributed by atoms with Crippen LogP contribution in [0.3, 0.4) is 0 Å². The number of ether oxygens (including phenoxy) is 3. The van der Waals surface area contributed by atoms with Crippen molar-refractivity contribution >= 4 is 34.7 Å². The highest BCUT2D eigenvalue weighted by Crippen LogP contribution is 2.38. The highest BCUT2D eigenvalue weighted by molar-refractivity contribution is 7.07. The van der Waals surface area contributed by atoms with Crippen LogP contribution in [0, 0.1) is 0 Å². The molecule has 156 valence electrons. The fourth-order valence-corrected chi connectivity index (χ4v) is 4.43. The number of thiazole rings is 1. The molecule has 9 heteroatoms. The highest BCUT2D eigenvalue weighted by Gasteiger charge is 2.17. The van der Waals surface area contributed by atoms with Gasteiger partial charge in [0.05, 0.1) is 25.9 Å². The molecule has 0 N–H and O–H groups in total. The van der Waals surface area contributed by atoms with Crippen molar-refractivity contribution in [2.24, 2.45) is 4.99 Å². The van der Waals surface area contributed by atoms with Crippen molar-refractivity contribution in [1.29, 1.82) is 0 Å². The topological polar surface area (TPSA) is 65.3 Å². The molecule has 1 aliphatic heterocycles. The van der Waals surface area contributed by atoms with Gasteiger partial charge in [-0.1, -0.05) is 29.0 Å². The van der Waals surface area contributed by atoms with E-state index in [1.165, 1.54) is 11.3 Å². The van der Waals surface area contributed by atoms with Gasteiger partial charge in [0.2, 0.25) is 5.75 Å². The second-order valence-corrected chi connectivity index (χ2v) is 7.99. The molecular weight excluding hydrogens is 426 g/mol. The number of hydrogen-bond donors (Lipinski definition) is 0. The van der Waals surface area contributed by atoms with E-state index in [4.69, 9.17) is 25.8 Å². The number of nitrogens with zero attached hydrogens (tertiary/aromatic N) is 3. The average molecular weight is 446 g/mol. The second kappa shape index (κ2) is 8.41. The molecule has 0 saturated heterocycles. The molecule has 2 heterocycles. The maximum absolute atomic E-state index is 13.0. The van der Waals surface area contributed by atoms with Gasteiger partial charge in [-0.15, -0.1) is 0 Å². The van der Waals surface area contributed by atoms with Crippen molar-refractivity contribution in [3.63, 3.8) is 0 Å². The van der Waals surface area contributed by atoms with Crippen LogP contribution in [-0.4, -0.2) is 32.6 Å². The Morgan fingerprint density at radius 1 is 1.10 bits per heavy atom. The molecule has 0 fully saturated rings. The Bertz CT molecular complexity index is 1240. The summed E-state index contributed by atoms with van der Waals surface area (Å²) in [4.78, 5) is 20.3. The van der Waals surface area contributed by atoms with Gasteiger partial charge in [-0.2, -0.15) is 0 Å². The van der Waals surface area contributed by atoms with Crippen molar-refractivity contribution < 1.29 is 14.2 Å². The number of rotatable bonds is 5. The van der Waals surface area contributed by atoms with E-state index < -0.39 is 0 Å². The SMILES string of the molecule is COc1cc(C=c2sc3n(c2=O)CN(c2cccc(Cl)c2)CN=3)cc(OC)c1OC. The smallest absolute Gasteiger partial charge is 0.271 e. The van der Waals surface area contributed by atoms with Gasteiger partial charge >= 0.3 is 0 Å². The third-order valence-corrected chi connectivity index (χ3v) is 6.01. The third-order valence-electron chi connectivity index (χ3n) is 4.74. The van der Waals surface area contributed by atoms with E-state index >= 15 is 0 Å². The second-order valence-electron chi connectivity index (χ2n) is 6.55. The van der Waals surface area contributed by atoms with Crippen LogP contribution < -0.4 is 34.0 Å². The minimum Gasteiger partial charge on any atom is -0.493 e. The predicted molar refractivity (Wildman–Crippen MR) is 118 cm³/mol. The van der Waals surface area contributed by atoms with Crippen LogP contribution in [0.4, 0.5) is 5.69 Å². The minimum absolute atomic E-state index is 0.0979. The number of halogens is 1. The summed E-state index contributed by atoms with van der Waals surface area (Å²) in [5, 5.41) is 0.646. The molecule has 0 unspecified atom stereocenters. The van der Waals surface area contributed by atoms with E-state index in [9.17, 15) is 4.79 Å². The number of methoxy groups -OCH3 is 3. The Kier molecular flexibility index (Phi) is 5.69. The van der Waals surface area contributed by atoms with Gasteiger partial charge in [-0.05, 0) is 42.0 Å². The summed E-state index contributed by atoms with van der Waals surface area (Å²) >= 11 is 7.46. The van der Waals surface area contributed by atoms with Gasteiger partial charge in [0.25, 0.3) is 5.56 Å². The summed E-state index contributed by atoms with van der Waals surface area (Å²) in [5.41, 5.74) is 1.59. The number of anilines is 1. The maximum Gasteiger partial charge on any atom is 0.271 e. The van der Waals surface area contributed by atoms with Crippen molar-refractivity contribution in [2.75, 3.05) is 32.9 Å². The van der Waals surface area contributed by atoms with E-state index in [1.807, 2.05) is 35.2 Å². The zero-order valence-corrected chi connectivity index (χ0v) is 18.3. The van der Waals surface area contributed by atoms with Crippen LogP contribution in [0.15, 0.2) is 46.2 Å². The third kappa shape index (κ3) is 3.76. The molecule has 0 spiro atoms. The fourth-order valence-electron chi connectivity index (χ4n) is 3.28. The summed E-state index contributed by atoms with van der Waals surface area (Å²) in [6, 6.07) is 11.1. The minimum atomic E-state index is -0.0979. The maximum atomic E-state index is 13.0. The summed E-state index contributed by atoms with van der Waals surface area (Å²) in [6.45, 7) is 0.877. The number of fused-ring (bicyclic) bond motifs is 1. The average Bonchev–Trinajstić information content (AvgIpc) is 3.07. The molecule has 0 atom stereocenters. The zero-order chi connectivity index (χ0) is 21.3. The van der Waals surface area contributed by atoms with Gasteiger partial charge in [-0.25, -0.2) is 4.99 Å². The number of hydrogen-bond acceptors (Lipinski definition) is 7. The molecule has 0 radical (unpaired) electrons. The van der Waals surface area contributed by atoms with Crippen molar-refractivity contribution in [1.82, 2.24) is 4.57 Å². The van der Waals surface area contributed by atoms with Crippen LogP contribution in [-0.2, 0) is 6.67 Å². The predicted octanol–water partition coefficient (Wildman–Crippen LogP) is 2.47. The molecule has 0 saturated carbocycles. The number of benzene rings is 2. The van der Waals surface area contributed by atoms with E-state index in [2.05, 4.69) is 4.99 Å². The van der Waals surface area contributed by atoms with Crippen LogP contribution in [0.1, 0.15) is 5.56 Å². The lowest BCUT2D eigenvalue weighted by atomic mass is 10.1. The normalized spacial score (nSPS) is 13.6. The molecule has 0 amide bonds. The summed E-state index contributed by atoms with van der Waals surface area (Å²) in [6.07, 6.45) is 1.81. The monoisotopic (exact) mass is 445 g/mol. The van der Waals surface area contributed by atoms with Crippen molar-refractivity contribution in [2.45, 2.75) is 6.67 Å². The van der Waals surface area contributed by atoms with Gasteiger partial charge in [-0.3, -0.25) is 9.36 Å². The lowest BCUT2D eigenvalue weighted by Crippen LogP contribution is -2.42. The van der Waals surface area contributed by atoms with E-state index in [-0.39, 0.29) is 5.56 Å². The molecule has 1 aliphatic rings. The van der Waals surface area contributed by atoms with Crippen molar-refractivity contribution in [3.05, 3.63) is 66.7 Å². The molecule has 3 aromatic rings. The fraction of sp³-hybridized carbons (Fsp3) is 0.238. The van der Waals surface area contributed by atoms with Gasteiger partial charge in [0.15, 0.2) is 16.3 Å². The highest BCUT2D eigenvalue weighted by atomic mass is 35.5. The Morgan fingerprint density at radius 2 is 1.83 bits per heavy atom. The van der Waals surface area contributed by atoms with E-state index in [1.54, 1.807) is 38.0 Å². The Labute approximate surface area is 182 Å². The molecule has 7 nitrogen and oxygen atoms in total. The molecule has 1 aromatic heterocycles. The molecule has 0 aliphatic carbocycles. The molecule has 4 rings (SSSR count). The first-order valence-electron chi connectivity index (χ1n) is 9.10. The van der Waals surface area contributed by atoms with E-state index in [0.29, 0.717) is 44.9 Å². The summed E-state index contributed by atoms with van der Waals surface area (Å²) in [5.74, 6) is 1.56. The number of aromatic nitrogens is 1. The van der Waals surface area contributed by atoms with Gasteiger partial charge in [0, 0.05) is 10.7 Å². The first-order chi connectivity index (χ1) is 14.5. The van der Waals surface area contributed by atoms with Crippen LogP contribution >= 0.6 is 22.9 Å². The van der Waals surface area contributed by atoms with Crippen molar-refractivity contribution in [3.8, 4) is 17.2 Å². The lowest BCUT2D eigenvalue weighted by Gasteiger charge is -2.25. The summed E-state index contributed by atoms with van der Waals surface area (Å²) in [7, 11) is 4.67. The molecule has 2 aromatic carbocycles. The first kappa shape index (κ1) is 20.3.